The summed E-state index contributed by atoms with van der Waals surface area (Å²) in [5.74, 6) is 0. The Bertz CT molecular complexity index is 489. The molecule has 0 aliphatic heterocycles. The Hall–Kier alpha value is -1.97. The number of rotatable bonds is 2. The average molecular weight is 214 g/mol. The molecule has 0 atom stereocenters. The van der Waals surface area contributed by atoms with Crippen LogP contribution in [-0.2, 0) is 0 Å². The van der Waals surface area contributed by atoms with Crippen LogP contribution in [0.1, 0.15) is 22.3 Å². The Morgan fingerprint density at radius 3 is 2.19 bits per heavy atom. The minimum atomic E-state index is 1.15. The Balaban J connectivity index is 2.35. The van der Waals surface area contributed by atoms with Gasteiger partial charge in [-0.25, -0.2) is 4.68 Å². The predicted molar refractivity (Wildman–Crippen MR) is 63.7 cm³/mol. The summed E-state index contributed by atoms with van der Waals surface area (Å²) in [6, 6.07) is 4.31. The molecule has 2 aromatic rings. The molecule has 82 valence electrons. The molecule has 1 heterocycles. The monoisotopic (exact) mass is 214 g/mol. The molecule has 0 N–H and O–H groups in total. The van der Waals surface area contributed by atoms with E-state index in [1.807, 2.05) is 6.21 Å². The van der Waals surface area contributed by atoms with Gasteiger partial charge in [0.2, 0.25) is 0 Å². The van der Waals surface area contributed by atoms with Gasteiger partial charge in [0.25, 0.3) is 0 Å². The molecule has 0 unspecified atom stereocenters. The van der Waals surface area contributed by atoms with Gasteiger partial charge in [0.1, 0.15) is 12.7 Å². The van der Waals surface area contributed by atoms with Gasteiger partial charge >= 0.3 is 0 Å². The van der Waals surface area contributed by atoms with E-state index in [2.05, 4.69) is 48.2 Å². The third-order valence-corrected chi connectivity index (χ3v) is 2.46. The number of aryl methyl sites for hydroxylation is 3. The maximum absolute atomic E-state index is 4.25. The maximum Gasteiger partial charge on any atom is 0.141 e. The summed E-state index contributed by atoms with van der Waals surface area (Å²) in [6.07, 6.45) is 4.97. The zero-order chi connectivity index (χ0) is 11.5. The van der Waals surface area contributed by atoms with E-state index in [1.165, 1.54) is 16.7 Å². The molecule has 0 spiro atoms. The van der Waals surface area contributed by atoms with Crippen LogP contribution in [0.2, 0.25) is 0 Å². The number of aromatic nitrogens is 3. The van der Waals surface area contributed by atoms with Gasteiger partial charge in [0.05, 0.1) is 6.21 Å². The Kier molecular flexibility index (Phi) is 2.81. The fourth-order valence-electron chi connectivity index (χ4n) is 1.77. The molecular formula is C12H14N4. The molecule has 4 heteroatoms. The van der Waals surface area contributed by atoms with Gasteiger partial charge in [0.15, 0.2) is 0 Å². The number of hydrogen-bond acceptors (Lipinski definition) is 3. The quantitative estimate of drug-likeness (QED) is 0.718. The fourth-order valence-corrected chi connectivity index (χ4v) is 1.77. The molecule has 0 aliphatic carbocycles. The highest BCUT2D eigenvalue weighted by atomic mass is 15.4. The van der Waals surface area contributed by atoms with E-state index in [1.54, 1.807) is 17.3 Å². The van der Waals surface area contributed by atoms with E-state index in [0.29, 0.717) is 0 Å². The van der Waals surface area contributed by atoms with E-state index >= 15 is 0 Å². The van der Waals surface area contributed by atoms with Gasteiger partial charge in [-0.1, -0.05) is 17.7 Å². The van der Waals surface area contributed by atoms with Crippen molar-refractivity contribution in [3.8, 4) is 0 Å². The average Bonchev–Trinajstić information content (AvgIpc) is 2.68. The van der Waals surface area contributed by atoms with Crippen molar-refractivity contribution in [1.29, 1.82) is 0 Å². The van der Waals surface area contributed by atoms with Crippen molar-refractivity contribution in [2.75, 3.05) is 0 Å². The smallest absolute Gasteiger partial charge is 0.141 e. The molecule has 4 nitrogen and oxygen atoms in total. The molecule has 0 aliphatic rings. The third-order valence-electron chi connectivity index (χ3n) is 2.46. The molecule has 1 aromatic carbocycles. The second-order valence-corrected chi connectivity index (χ2v) is 3.90. The van der Waals surface area contributed by atoms with Crippen molar-refractivity contribution in [2.45, 2.75) is 20.8 Å². The molecular weight excluding hydrogens is 200 g/mol. The summed E-state index contributed by atoms with van der Waals surface area (Å²) in [5.41, 5.74) is 4.89. The van der Waals surface area contributed by atoms with E-state index < -0.39 is 0 Å². The standard InChI is InChI=1S/C12H14N4/c1-9-4-10(2)12(11(3)5-9)6-15-16-7-13-14-8-16/h4-8H,1-3H3/b15-6-. The van der Waals surface area contributed by atoms with Crippen LogP contribution < -0.4 is 0 Å². The third kappa shape index (κ3) is 2.16. The van der Waals surface area contributed by atoms with Crippen molar-refractivity contribution < 1.29 is 0 Å². The van der Waals surface area contributed by atoms with Crippen LogP contribution >= 0.6 is 0 Å². The summed E-state index contributed by atoms with van der Waals surface area (Å²) in [7, 11) is 0. The molecule has 0 radical (unpaired) electrons. The lowest BCUT2D eigenvalue weighted by Crippen LogP contribution is -1.95. The topological polar surface area (TPSA) is 43.1 Å². The van der Waals surface area contributed by atoms with E-state index in [0.717, 1.165) is 5.56 Å². The molecule has 16 heavy (non-hydrogen) atoms. The van der Waals surface area contributed by atoms with Crippen LogP contribution in [0.25, 0.3) is 0 Å². The van der Waals surface area contributed by atoms with Gasteiger partial charge < -0.3 is 0 Å². The van der Waals surface area contributed by atoms with Crippen LogP contribution in [0.5, 0.6) is 0 Å². The molecule has 0 saturated carbocycles. The van der Waals surface area contributed by atoms with Gasteiger partial charge in [-0.05, 0) is 31.9 Å². The SMILES string of the molecule is Cc1cc(C)c(/C=N\n2cnnc2)c(C)c1. The van der Waals surface area contributed by atoms with Crippen molar-refractivity contribution in [3.05, 3.63) is 47.0 Å². The van der Waals surface area contributed by atoms with Crippen molar-refractivity contribution in [1.82, 2.24) is 14.9 Å². The van der Waals surface area contributed by atoms with Gasteiger partial charge in [-0.15, -0.1) is 10.2 Å². The molecule has 0 bridgehead atoms. The van der Waals surface area contributed by atoms with Gasteiger partial charge in [-0.3, -0.25) is 0 Å². The van der Waals surface area contributed by atoms with Crippen molar-refractivity contribution in [3.63, 3.8) is 0 Å². The van der Waals surface area contributed by atoms with E-state index in [4.69, 9.17) is 0 Å². The molecule has 2 rings (SSSR count). The van der Waals surface area contributed by atoms with Gasteiger partial charge in [0, 0.05) is 5.56 Å². The minimum absolute atomic E-state index is 1.15. The Labute approximate surface area is 94.6 Å². The normalized spacial score (nSPS) is 11.2. The van der Waals surface area contributed by atoms with Crippen LogP contribution in [0.4, 0.5) is 0 Å². The molecule has 0 amide bonds. The molecule has 0 saturated heterocycles. The fraction of sp³-hybridized carbons (Fsp3) is 0.250. The maximum atomic E-state index is 4.25. The van der Waals surface area contributed by atoms with Crippen LogP contribution in [0.15, 0.2) is 29.9 Å². The van der Waals surface area contributed by atoms with E-state index in [9.17, 15) is 0 Å². The first-order chi connectivity index (χ1) is 7.66. The minimum Gasteiger partial charge on any atom is -0.208 e. The highest BCUT2D eigenvalue weighted by molar-refractivity contribution is 5.83. The molecule has 1 aromatic heterocycles. The summed E-state index contributed by atoms with van der Waals surface area (Å²) >= 11 is 0. The highest BCUT2D eigenvalue weighted by Gasteiger charge is 2.00. The second kappa shape index (κ2) is 4.26. The first-order valence-electron chi connectivity index (χ1n) is 5.13. The zero-order valence-electron chi connectivity index (χ0n) is 9.68. The summed E-state index contributed by atoms with van der Waals surface area (Å²) in [4.78, 5) is 0. The summed E-state index contributed by atoms with van der Waals surface area (Å²) < 4.78 is 1.58. The second-order valence-electron chi connectivity index (χ2n) is 3.90. The molecule has 0 fully saturated rings. The lowest BCUT2D eigenvalue weighted by atomic mass is 10.0. The lowest BCUT2D eigenvalue weighted by Gasteiger charge is -2.06. The zero-order valence-corrected chi connectivity index (χ0v) is 9.68. The lowest BCUT2D eigenvalue weighted by molar-refractivity contribution is 0.878. The van der Waals surface area contributed by atoms with E-state index in [-0.39, 0.29) is 0 Å². The van der Waals surface area contributed by atoms with Crippen molar-refractivity contribution >= 4 is 6.21 Å². The largest absolute Gasteiger partial charge is 0.208 e. The van der Waals surface area contributed by atoms with Crippen LogP contribution in [-0.4, -0.2) is 21.1 Å². The van der Waals surface area contributed by atoms with Crippen LogP contribution in [0, 0.1) is 20.8 Å². The van der Waals surface area contributed by atoms with Crippen molar-refractivity contribution in [2.24, 2.45) is 5.10 Å². The van der Waals surface area contributed by atoms with Crippen LogP contribution in [0.3, 0.4) is 0 Å². The summed E-state index contributed by atoms with van der Waals surface area (Å²) in [6.45, 7) is 6.28. The summed E-state index contributed by atoms with van der Waals surface area (Å²) in [5, 5.41) is 11.6. The van der Waals surface area contributed by atoms with Gasteiger partial charge in [-0.2, -0.15) is 5.10 Å². The highest BCUT2D eigenvalue weighted by Crippen LogP contribution is 2.14. The Morgan fingerprint density at radius 1 is 1.06 bits per heavy atom. The Morgan fingerprint density at radius 2 is 1.62 bits per heavy atom. The first kappa shape index (κ1) is 10.5. The number of benzene rings is 1. The first-order valence-corrected chi connectivity index (χ1v) is 5.13. The number of hydrogen-bond donors (Lipinski definition) is 0. The number of nitrogens with zero attached hydrogens (tertiary/aromatic N) is 4. The predicted octanol–water partition coefficient (Wildman–Crippen LogP) is 2.09.